The number of imidazole rings is 2. The average Bonchev–Trinajstić information content (AvgIpc) is 3.30. The third-order valence-electron chi connectivity index (χ3n) is 5.12. The summed E-state index contributed by atoms with van der Waals surface area (Å²) < 4.78 is 2.70. The van der Waals surface area contributed by atoms with Crippen molar-refractivity contribution in [2.24, 2.45) is 0 Å². The van der Waals surface area contributed by atoms with E-state index in [1.165, 1.54) is 9.13 Å². The third-order valence-corrected chi connectivity index (χ3v) is 5.12. The molecule has 0 fully saturated rings. The number of rotatable bonds is 8. The molecule has 4 aromatic rings. The molecule has 9 heteroatoms. The summed E-state index contributed by atoms with van der Waals surface area (Å²) >= 11 is 0. The molecule has 4 rings (SSSR count). The second kappa shape index (κ2) is 7.94. The summed E-state index contributed by atoms with van der Waals surface area (Å²) in [7, 11) is 0. The van der Waals surface area contributed by atoms with Gasteiger partial charge in [-0.2, -0.15) is 0 Å². The number of nitrogens with zero attached hydrogens (tertiary/aromatic N) is 3. The fourth-order valence-corrected chi connectivity index (χ4v) is 3.65. The van der Waals surface area contributed by atoms with Crippen LogP contribution in [-0.4, -0.2) is 29.1 Å². The summed E-state index contributed by atoms with van der Waals surface area (Å²) in [6.07, 6.45) is 3.96. The lowest BCUT2D eigenvalue weighted by molar-refractivity contribution is 0.524. The van der Waals surface area contributed by atoms with Crippen molar-refractivity contribution in [2.75, 3.05) is 0 Å². The molecule has 0 saturated carbocycles. The summed E-state index contributed by atoms with van der Waals surface area (Å²) in [6, 6.07) is 7.77. The van der Waals surface area contributed by atoms with Crippen LogP contribution in [0, 0.1) is 0 Å². The van der Waals surface area contributed by atoms with Gasteiger partial charge >= 0.3 is 11.4 Å². The van der Waals surface area contributed by atoms with Crippen LogP contribution in [0.4, 0.5) is 0 Å². The van der Waals surface area contributed by atoms with Crippen LogP contribution in [-0.2, 0) is 19.5 Å². The zero-order chi connectivity index (χ0) is 20.4. The smallest absolute Gasteiger partial charge is 0.332 e. The fourth-order valence-electron chi connectivity index (χ4n) is 3.65. The Labute approximate surface area is 165 Å². The lowest BCUT2D eigenvalue weighted by atomic mass is 10.2. The summed E-state index contributed by atoms with van der Waals surface area (Å²) in [5.74, 6) is 0.818. The molecule has 0 bridgehead atoms. The van der Waals surface area contributed by atoms with Gasteiger partial charge in [-0.05, 0) is 25.0 Å². The predicted molar refractivity (Wildman–Crippen MR) is 111 cm³/mol. The minimum atomic E-state index is -0.485. The zero-order valence-electron chi connectivity index (χ0n) is 16.3. The fraction of sp³-hybridized carbons (Fsp3) is 0.400. The van der Waals surface area contributed by atoms with E-state index in [4.69, 9.17) is 0 Å². The van der Waals surface area contributed by atoms with Gasteiger partial charge in [0.15, 0.2) is 5.52 Å². The Morgan fingerprint density at radius 1 is 0.931 bits per heavy atom. The molecule has 3 N–H and O–H groups in total. The van der Waals surface area contributed by atoms with Gasteiger partial charge in [-0.25, -0.2) is 14.6 Å². The van der Waals surface area contributed by atoms with Gasteiger partial charge in [-0.15, -0.1) is 0 Å². The van der Waals surface area contributed by atoms with Gasteiger partial charge in [0.25, 0.3) is 5.56 Å². The Bertz CT molecular complexity index is 1290. The molecule has 3 heterocycles. The maximum Gasteiger partial charge on any atom is 0.332 e. The van der Waals surface area contributed by atoms with Crippen molar-refractivity contribution in [1.82, 2.24) is 29.1 Å². The molecule has 0 atom stereocenters. The third kappa shape index (κ3) is 3.67. The van der Waals surface area contributed by atoms with E-state index >= 15 is 0 Å². The van der Waals surface area contributed by atoms with Gasteiger partial charge < -0.3 is 4.98 Å². The standard InChI is InChI=1S/C20H24N6O3/c1-2-3-6-11-25-17-16(23-19(28)24-17)18(27)26(20(25)29)12-7-10-15-21-13-8-4-5-9-14(13)22-15/h4-5,8-9H,2-3,6-7,10-12H2,1H3,(H,21,22)(H2,23,24,28). The summed E-state index contributed by atoms with van der Waals surface area (Å²) in [5.41, 5.74) is 0.928. The molecule has 0 saturated heterocycles. The van der Waals surface area contributed by atoms with Gasteiger partial charge in [-0.1, -0.05) is 31.9 Å². The molecule has 152 valence electrons. The van der Waals surface area contributed by atoms with Gasteiger partial charge in [0.2, 0.25) is 0 Å². The number of aromatic amines is 3. The summed E-state index contributed by atoms with van der Waals surface area (Å²) in [6.45, 7) is 2.79. The number of H-pyrrole nitrogens is 3. The number of benzene rings is 1. The first-order valence-electron chi connectivity index (χ1n) is 9.97. The van der Waals surface area contributed by atoms with E-state index in [2.05, 4.69) is 26.9 Å². The van der Waals surface area contributed by atoms with E-state index in [0.29, 0.717) is 19.4 Å². The van der Waals surface area contributed by atoms with Crippen LogP contribution >= 0.6 is 0 Å². The first-order valence-corrected chi connectivity index (χ1v) is 9.97. The lowest BCUT2D eigenvalue weighted by Gasteiger charge is -2.11. The normalized spacial score (nSPS) is 11.6. The van der Waals surface area contributed by atoms with Gasteiger partial charge in [-0.3, -0.25) is 23.9 Å². The minimum Gasteiger partial charge on any atom is -0.342 e. The van der Waals surface area contributed by atoms with E-state index < -0.39 is 16.9 Å². The molecular weight excluding hydrogens is 372 g/mol. The number of nitrogens with one attached hydrogen (secondary N) is 3. The molecular formula is C20H24N6O3. The number of para-hydroxylation sites is 2. The highest BCUT2D eigenvalue weighted by Crippen LogP contribution is 2.11. The average molecular weight is 396 g/mol. The molecule has 29 heavy (non-hydrogen) atoms. The maximum absolute atomic E-state index is 13.0. The lowest BCUT2D eigenvalue weighted by Crippen LogP contribution is -2.40. The number of hydrogen-bond donors (Lipinski definition) is 3. The Morgan fingerprint density at radius 3 is 2.52 bits per heavy atom. The van der Waals surface area contributed by atoms with Crippen LogP contribution in [0.5, 0.6) is 0 Å². The minimum absolute atomic E-state index is 0.148. The monoisotopic (exact) mass is 396 g/mol. The van der Waals surface area contributed by atoms with Crippen LogP contribution < -0.4 is 16.9 Å². The van der Waals surface area contributed by atoms with E-state index in [-0.39, 0.29) is 17.7 Å². The van der Waals surface area contributed by atoms with Crippen molar-refractivity contribution in [3.8, 4) is 0 Å². The van der Waals surface area contributed by atoms with Crippen molar-refractivity contribution in [3.63, 3.8) is 0 Å². The molecule has 3 aromatic heterocycles. The van der Waals surface area contributed by atoms with Crippen LogP contribution in [0.3, 0.4) is 0 Å². The summed E-state index contributed by atoms with van der Waals surface area (Å²) in [5, 5.41) is 0. The Hall–Kier alpha value is -3.36. The highest BCUT2D eigenvalue weighted by atomic mass is 16.2. The van der Waals surface area contributed by atoms with Crippen LogP contribution in [0.2, 0.25) is 0 Å². The predicted octanol–water partition coefficient (Wildman–Crippen LogP) is 1.88. The topological polar surface area (TPSA) is 121 Å². The number of aryl methyl sites for hydroxylation is 2. The number of hydrogen-bond acceptors (Lipinski definition) is 4. The molecule has 0 amide bonds. The number of fused-ring (bicyclic) bond motifs is 2. The number of unbranched alkanes of at least 4 members (excludes halogenated alkanes) is 2. The van der Waals surface area contributed by atoms with Crippen molar-refractivity contribution in [2.45, 2.75) is 52.1 Å². The maximum atomic E-state index is 13.0. The van der Waals surface area contributed by atoms with Crippen LogP contribution in [0.25, 0.3) is 22.2 Å². The van der Waals surface area contributed by atoms with E-state index in [0.717, 1.165) is 36.1 Å². The van der Waals surface area contributed by atoms with Gasteiger partial charge in [0, 0.05) is 19.5 Å². The Morgan fingerprint density at radius 2 is 1.72 bits per heavy atom. The molecule has 0 aliphatic carbocycles. The largest absolute Gasteiger partial charge is 0.342 e. The molecule has 1 aromatic carbocycles. The van der Waals surface area contributed by atoms with Crippen molar-refractivity contribution >= 4 is 22.2 Å². The SMILES string of the molecule is CCCCCn1c(=O)n(CCCc2nc3ccccc3[nH]2)c(=O)c2[nH]c(=O)[nH]c21. The van der Waals surface area contributed by atoms with Gasteiger partial charge in [0.1, 0.15) is 11.5 Å². The Kier molecular flexibility index (Phi) is 5.20. The molecule has 0 aliphatic heterocycles. The van der Waals surface area contributed by atoms with Crippen molar-refractivity contribution in [1.29, 1.82) is 0 Å². The molecule has 0 radical (unpaired) electrons. The molecule has 0 spiro atoms. The second-order valence-electron chi connectivity index (χ2n) is 7.21. The Balaban J connectivity index is 1.61. The summed E-state index contributed by atoms with van der Waals surface area (Å²) in [4.78, 5) is 50.4. The first kappa shape index (κ1) is 19.0. The molecule has 9 nitrogen and oxygen atoms in total. The number of aromatic nitrogens is 6. The van der Waals surface area contributed by atoms with E-state index in [1.807, 2.05) is 24.3 Å². The van der Waals surface area contributed by atoms with Crippen LogP contribution in [0.1, 0.15) is 38.4 Å². The van der Waals surface area contributed by atoms with Crippen molar-refractivity contribution in [3.05, 3.63) is 61.4 Å². The zero-order valence-corrected chi connectivity index (χ0v) is 16.3. The second-order valence-corrected chi connectivity index (χ2v) is 7.21. The van der Waals surface area contributed by atoms with E-state index in [9.17, 15) is 14.4 Å². The van der Waals surface area contributed by atoms with E-state index in [1.54, 1.807) is 0 Å². The molecule has 0 unspecified atom stereocenters. The van der Waals surface area contributed by atoms with Gasteiger partial charge in [0.05, 0.1) is 11.0 Å². The highest BCUT2D eigenvalue weighted by Gasteiger charge is 2.15. The van der Waals surface area contributed by atoms with Crippen LogP contribution in [0.15, 0.2) is 38.6 Å². The first-order chi connectivity index (χ1) is 14.1. The molecule has 0 aliphatic rings. The highest BCUT2D eigenvalue weighted by molar-refractivity contribution is 5.74. The quantitative estimate of drug-likeness (QED) is 0.394. The van der Waals surface area contributed by atoms with Crippen molar-refractivity contribution < 1.29 is 0 Å².